The predicted octanol–water partition coefficient (Wildman–Crippen LogP) is 2.67. The minimum atomic E-state index is 0.860. The molecule has 0 fully saturated rings. The highest BCUT2D eigenvalue weighted by Crippen LogP contribution is 2.29. The summed E-state index contributed by atoms with van der Waals surface area (Å²) < 4.78 is 2.12. The number of thioether (sulfide) groups is 1. The summed E-state index contributed by atoms with van der Waals surface area (Å²) >= 11 is 9.10. The van der Waals surface area contributed by atoms with E-state index in [1.54, 1.807) is 23.1 Å². The molecule has 0 aliphatic rings. The zero-order valence-corrected chi connectivity index (χ0v) is 7.95. The van der Waals surface area contributed by atoms with E-state index in [0.717, 1.165) is 10.2 Å². The van der Waals surface area contributed by atoms with E-state index in [2.05, 4.69) is 5.32 Å². The number of halogens is 1. The zero-order valence-electron chi connectivity index (χ0n) is 5.56. The van der Waals surface area contributed by atoms with Gasteiger partial charge in [-0.05, 0) is 19.2 Å². The van der Waals surface area contributed by atoms with Crippen molar-refractivity contribution in [3.05, 3.63) is 16.5 Å². The molecule has 0 saturated carbocycles. The van der Waals surface area contributed by atoms with Crippen LogP contribution >= 0.6 is 34.7 Å². The van der Waals surface area contributed by atoms with Gasteiger partial charge in [-0.2, -0.15) is 0 Å². The summed E-state index contributed by atoms with van der Waals surface area (Å²) in [6, 6.07) is 3.96. The van der Waals surface area contributed by atoms with E-state index < -0.39 is 0 Å². The maximum atomic E-state index is 5.72. The number of nitrogens with one attached hydrogen (secondary N) is 1. The van der Waals surface area contributed by atoms with E-state index >= 15 is 0 Å². The fourth-order valence-electron chi connectivity index (χ4n) is 0.519. The van der Waals surface area contributed by atoms with Crippen LogP contribution in [0.15, 0.2) is 16.3 Å². The number of hydrogen-bond donors (Lipinski definition) is 1. The van der Waals surface area contributed by atoms with E-state index in [-0.39, 0.29) is 0 Å². The molecule has 0 unspecified atom stereocenters. The Morgan fingerprint density at radius 1 is 1.70 bits per heavy atom. The van der Waals surface area contributed by atoms with Gasteiger partial charge in [0.1, 0.15) is 0 Å². The van der Waals surface area contributed by atoms with Crippen LogP contribution in [0.25, 0.3) is 0 Å². The van der Waals surface area contributed by atoms with Crippen LogP contribution in [0.1, 0.15) is 0 Å². The Bertz CT molecular complexity index is 199. The fourth-order valence-corrected chi connectivity index (χ4v) is 2.57. The van der Waals surface area contributed by atoms with Gasteiger partial charge in [-0.15, -0.1) is 11.3 Å². The van der Waals surface area contributed by atoms with Crippen LogP contribution in [0.4, 0.5) is 0 Å². The van der Waals surface area contributed by atoms with Crippen molar-refractivity contribution in [2.75, 3.05) is 12.9 Å². The van der Waals surface area contributed by atoms with Gasteiger partial charge in [-0.25, -0.2) is 0 Å². The maximum absolute atomic E-state index is 5.72. The third-order valence-corrected chi connectivity index (χ3v) is 3.39. The maximum Gasteiger partial charge on any atom is 0.0940 e. The first-order valence-corrected chi connectivity index (χ1v) is 5.03. The van der Waals surface area contributed by atoms with Gasteiger partial charge in [0.15, 0.2) is 0 Å². The summed E-state index contributed by atoms with van der Waals surface area (Å²) in [5.74, 6) is 0.941. The van der Waals surface area contributed by atoms with Crippen LogP contribution in [-0.4, -0.2) is 12.9 Å². The number of rotatable bonds is 3. The molecule has 0 radical (unpaired) electrons. The molecule has 0 aliphatic heterocycles. The summed E-state index contributed by atoms with van der Waals surface area (Å²) in [5, 5.41) is 3.05. The van der Waals surface area contributed by atoms with Crippen LogP contribution in [0.5, 0.6) is 0 Å². The number of hydrogen-bond acceptors (Lipinski definition) is 3. The third-order valence-electron chi connectivity index (χ3n) is 0.907. The van der Waals surface area contributed by atoms with Gasteiger partial charge in [-0.3, -0.25) is 0 Å². The van der Waals surface area contributed by atoms with Crippen molar-refractivity contribution in [1.29, 1.82) is 0 Å². The first kappa shape index (κ1) is 8.40. The van der Waals surface area contributed by atoms with E-state index in [1.165, 1.54) is 4.21 Å². The highest BCUT2D eigenvalue weighted by Gasteiger charge is 1.95. The van der Waals surface area contributed by atoms with Crippen molar-refractivity contribution in [3.8, 4) is 0 Å². The second-order valence-corrected chi connectivity index (χ2v) is 4.69. The summed E-state index contributed by atoms with van der Waals surface area (Å²) in [5.41, 5.74) is 0. The van der Waals surface area contributed by atoms with E-state index in [1.807, 2.05) is 19.2 Å². The smallest absolute Gasteiger partial charge is 0.0940 e. The second kappa shape index (κ2) is 4.23. The Hall–Kier alpha value is 0.300. The average molecular weight is 194 g/mol. The van der Waals surface area contributed by atoms with Crippen molar-refractivity contribution >= 4 is 34.7 Å². The Morgan fingerprint density at radius 3 is 3.00 bits per heavy atom. The molecule has 1 aromatic heterocycles. The zero-order chi connectivity index (χ0) is 7.40. The first-order valence-electron chi connectivity index (χ1n) is 2.85. The lowest BCUT2D eigenvalue weighted by Crippen LogP contribution is -2.02. The lowest BCUT2D eigenvalue weighted by molar-refractivity contribution is 0.983. The van der Waals surface area contributed by atoms with Crippen molar-refractivity contribution in [2.24, 2.45) is 0 Å². The molecule has 0 aromatic carbocycles. The van der Waals surface area contributed by atoms with Crippen LogP contribution in [0, 0.1) is 0 Å². The highest BCUT2D eigenvalue weighted by molar-refractivity contribution is 8.01. The minimum absolute atomic E-state index is 0.860. The molecule has 0 aliphatic carbocycles. The highest BCUT2D eigenvalue weighted by atomic mass is 35.5. The molecule has 1 heterocycles. The van der Waals surface area contributed by atoms with Crippen molar-refractivity contribution in [3.63, 3.8) is 0 Å². The molecule has 10 heavy (non-hydrogen) atoms. The van der Waals surface area contributed by atoms with Crippen molar-refractivity contribution in [1.82, 2.24) is 5.32 Å². The molecule has 0 saturated heterocycles. The predicted molar refractivity (Wildman–Crippen MR) is 49.1 cm³/mol. The summed E-state index contributed by atoms with van der Waals surface area (Å²) in [7, 11) is 1.93. The van der Waals surface area contributed by atoms with Gasteiger partial charge in [0, 0.05) is 5.88 Å². The van der Waals surface area contributed by atoms with Crippen LogP contribution in [0.3, 0.4) is 0 Å². The standard InChI is InChI=1S/C6H8ClNS2/c1-8-4-9-6-3-2-5(7)10-6/h2-3,8H,4H2,1H3. The van der Waals surface area contributed by atoms with Crippen LogP contribution in [0.2, 0.25) is 4.34 Å². The van der Waals surface area contributed by atoms with Gasteiger partial charge in [0.05, 0.1) is 8.55 Å². The Balaban J connectivity index is 2.42. The van der Waals surface area contributed by atoms with Crippen molar-refractivity contribution < 1.29 is 0 Å². The van der Waals surface area contributed by atoms with E-state index in [0.29, 0.717) is 0 Å². The van der Waals surface area contributed by atoms with Crippen molar-refractivity contribution in [2.45, 2.75) is 4.21 Å². The Labute approximate surface area is 73.8 Å². The third kappa shape index (κ3) is 2.50. The van der Waals surface area contributed by atoms with E-state index in [9.17, 15) is 0 Å². The normalized spacial score (nSPS) is 10.2. The Morgan fingerprint density at radius 2 is 2.50 bits per heavy atom. The van der Waals surface area contributed by atoms with Gasteiger partial charge in [-0.1, -0.05) is 23.4 Å². The molecule has 1 rings (SSSR count). The largest absolute Gasteiger partial charge is 0.311 e. The lowest BCUT2D eigenvalue weighted by Gasteiger charge is -1.92. The van der Waals surface area contributed by atoms with Gasteiger partial charge >= 0.3 is 0 Å². The first-order chi connectivity index (χ1) is 4.83. The molecule has 0 bridgehead atoms. The molecular weight excluding hydrogens is 186 g/mol. The lowest BCUT2D eigenvalue weighted by atomic mass is 10.7. The van der Waals surface area contributed by atoms with Gasteiger partial charge in [0.2, 0.25) is 0 Å². The molecule has 0 amide bonds. The molecule has 1 N–H and O–H groups in total. The molecule has 56 valence electrons. The molecule has 0 atom stereocenters. The molecule has 4 heteroatoms. The van der Waals surface area contributed by atoms with Gasteiger partial charge in [0.25, 0.3) is 0 Å². The number of thiophene rings is 1. The summed E-state index contributed by atoms with van der Waals surface area (Å²) in [6.45, 7) is 0. The van der Waals surface area contributed by atoms with Crippen LogP contribution < -0.4 is 5.32 Å². The molecule has 1 nitrogen and oxygen atoms in total. The van der Waals surface area contributed by atoms with E-state index in [4.69, 9.17) is 11.6 Å². The fraction of sp³-hybridized carbons (Fsp3) is 0.333. The molecular formula is C6H8ClNS2. The minimum Gasteiger partial charge on any atom is -0.311 e. The average Bonchev–Trinajstić information content (AvgIpc) is 2.31. The Kier molecular flexibility index (Phi) is 3.56. The summed E-state index contributed by atoms with van der Waals surface area (Å²) in [4.78, 5) is 0. The molecule has 1 aromatic rings. The molecule has 0 spiro atoms. The monoisotopic (exact) mass is 193 g/mol. The second-order valence-electron chi connectivity index (χ2n) is 1.70. The summed E-state index contributed by atoms with van der Waals surface area (Å²) in [6.07, 6.45) is 0. The topological polar surface area (TPSA) is 12.0 Å². The van der Waals surface area contributed by atoms with Crippen LogP contribution in [-0.2, 0) is 0 Å². The van der Waals surface area contributed by atoms with Gasteiger partial charge < -0.3 is 5.32 Å². The SMILES string of the molecule is CNCSc1ccc(Cl)s1. The quantitative estimate of drug-likeness (QED) is 0.585.